The van der Waals surface area contributed by atoms with E-state index in [-0.39, 0.29) is 5.41 Å². The van der Waals surface area contributed by atoms with Gasteiger partial charge in [-0.15, -0.1) is 0 Å². The molecule has 2 heterocycles. The summed E-state index contributed by atoms with van der Waals surface area (Å²) in [4.78, 5) is 10.6. The maximum atomic E-state index is 6.33. The highest BCUT2D eigenvalue weighted by Crippen LogP contribution is 2.52. The fourth-order valence-corrected chi connectivity index (χ4v) is 8.16. The van der Waals surface area contributed by atoms with Crippen molar-refractivity contribution in [1.29, 1.82) is 0 Å². The van der Waals surface area contributed by atoms with Gasteiger partial charge < -0.3 is 4.42 Å². The summed E-state index contributed by atoms with van der Waals surface area (Å²) in [7, 11) is 0. The lowest BCUT2D eigenvalue weighted by Gasteiger charge is -2.21. The van der Waals surface area contributed by atoms with Crippen LogP contribution in [0.2, 0.25) is 0 Å². The Bertz CT molecular complexity index is 2810. The fourth-order valence-electron chi connectivity index (χ4n) is 8.16. The van der Waals surface area contributed by atoms with Gasteiger partial charge in [0.05, 0.1) is 11.4 Å². The molecule has 2 aromatic heterocycles. The predicted molar refractivity (Wildman–Crippen MR) is 214 cm³/mol. The van der Waals surface area contributed by atoms with Gasteiger partial charge in [0.1, 0.15) is 11.2 Å². The number of rotatable bonds is 5. The minimum Gasteiger partial charge on any atom is -0.456 e. The van der Waals surface area contributed by atoms with E-state index in [1.54, 1.807) is 0 Å². The van der Waals surface area contributed by atoms with Crippen LogP contribution in [-0.2, 0) is 5.41 Å². The van der Waals surface area contributed by atoms with Gasteiger partial charge in [-0.1, -0.05) is 147 Å². The van der Waals surface area contributed by atoms with E-state index in [9.17, 15) is 0 Å². The highest BCUT2D eigenvalue weighted by Gasteiger charge is 2.36. The zero-order chi connectivity index (χ0) is 34.8. The third-order valence-electron chi connectivity index (χ3n) is 10.7. The Morgan fingerprint density at radius 1 is 0.423 bits per heavy atom. The maximum Gasteiger partial charge on any atom is 0.160 e. The summed E-state index contributed by atoms with van der Waals surface area (Å²) in [6.45, 7) is 4.64. The monoisotopic (exact) mass is 666 g/mol. The Balaban J connectivity index is 1.24. The highest BCUT2D eigenvalue weighted by molar-refractivity contribution is 6.12. The molecule has 1 aliphatic carbocycles. The molecule has 10 rings (SSSR count). The normalized spacial score (nSPS) is 13.0. The van der Waals surface area contributed by atoms with Gasteiger partial charge in [0.25, 0.3) is 0 Å². The smallest absolute Gasteiger partial charge is 0.160 e. The zero-order valence-electron chi connectivity index (χ0n) is 29.0. The molecule has 0 fully saturated rings. The third kappa shape index (κ3) is 4.81. The summed E-state index contributed by atoms with van der Waals surface area (Å²) in [5.41, 5.74) is 16.2. The molecule has 0 radical (unpaired) electrons. The summed E-state index contributed by atoms with van der Waals surface area (Å²) in [5.74, 6) is 0.700. The first-order valence-corrected chi connectivity index (χ1v) is 17.8. The number of para-hydroxylation sites is 1. The molecule has 246 valence electrons. The standard InChI is InChI=1S/C49H34N2O/c1-49(2)40-23-11-9-19-37(40)46-38(22-13-24-41(46)49)43-30-42(50-48(51-43)32-17-7-4-8-18-32)35-28-33(31-15-5-3-6-16-31)27-34(29-35)36-21-14-26-45-47(36)39-20-10-12-25-44(39)52-45/h3-30H,1-2H3. The van der Waals surface area contributed by atoms with E-state index in [0.29, 0.717) is 5.82 Å². The number of benzene rings is 7. The van der Waals surface area contributed by atoms with E-state index in [4.69, 9.17) is 14.4 Å². The van der Waals surface area contributed by atoms with E-state index in [1.807, 2.05) is 30.3 Å². The molecule has 1 aliphatic rings. The first kappa shape index (κ1) is 30.3. The van der Waals surface area contributed by atoms with Crippen LogP contribution in [0.4, 0.5) is 0 Å². The van der Waals surface area contributed by atoms with Crippen molar-refractivity contribution in [3.05, 3.63) is 181 Å². The van der Waals surface area contributed by atoms with Crippen LogP contribution in [0.3, 0.4) is 0 Å². The van der Waals surface area contributed by atoms with Gasteiger partial charge in [-0.25, -0.2) is 9.97 Å². The quantitative estimate of drug-likeness (QED) is 0.183. The summed E-state index contributed by atoms with van der Waals surface area (Å²) in [6, 6.07) is 60.0. The SMILES string of the molecule is CC1(C)c2ccccc2-c2c(-c3cc(-c4cc(-c5ccccc5)cc(-c5cccc6oc7ccccc7c56)c4)nc(-c4ccccc4)n3)cccc21. The first-order chi connectivity index (χ1) is 25.5. The Morgan fingerprint density at radius 2 is 1.02 bits per heavy atom. The molecule has 3 nitrogen and oxygen atoms in total. The molecule has 0 spiro atoms. The van der Waals surface area contributed by atoms with Crippen LogP contribution in [0.5, 0.6) is 0 Å². The average molecular weight is 667 g/mol. The van der Waals surface area contributed by atoms with Crippen molar-refractivity contribution < 1.29 is 4.42 Å². The van der Waals surface area contributed by atoms with Crippen LogP contribution in [0.15, 0.2) is 174 Å². The average Bonchev–Trinajstić information content (AvgIpc) is 3.70. The van der Waals surface area contributed by atoms with Crippen LogP contribution in [0.1, 0.15) is 25.0 Å². The fraction of sp³-hybridized carbons (Fsp3) is 0.0612. The molecule has 0 amide bonds. The van der Waals surface area contributed by atoms with Crippen LogP contribution in [-0.4, -0.2) is 9.97 Å². The van der Waals surface area contributed by atoms with Crippen molar-refractivity contribution in [2.45, 2.75) is 19.3 Å². The zero-order valence-corrected chi connectivity index (χ0v) is 29.0. The Hall–Kier alpha value is -6.58. The van der Waals surface area contributed by atoms with Gasteiger partial charge in [0, 0.05) is 32.9 Å². The topological polar surface area (TPSA) is 38.9 Å². The summed E-state index contributed by atoms with van der Waals surface area (Å²) in [5, 5.41) is 2.22. The maximum absolute atomic E-state index is 6.33. The van der Waals surface area contributed by atoms with E-state index in [1.165, 1.54) is 22.3 Å². The molecule has 0 saturated carbocycles. The second kappa shape index (κ2) is 11.8. The van der Waals surface area contributed by atoms with Crippen molar-refractivity contribution in [3.63, 3.8) is 0 Å². The van der Waals surface area contributed by atoms with Gasteiger partial charge in [-0.2, -0.15) is 0 Å². The minimum absolute atomic E-state index is 0.114. The van der Waals surface area contributed by atoms with Gasteiger partial charge in [0.15, 0.2) is 5.82 Å². The number of hydrogen-bond acceptors (Lipinski definition) is 3. The predicted octanol–water partition coefficient (Wildman–Crippen LogP) is 13.0. The molecule has 7 aromatic carbocycles. The number of nitrogens with zero attached hydrogens (tertiary/aromatic N) is 2. The third-order valence-corrected chi connectivity index (χ3v) is 10.7. The highest BCUT2D eigenvalue weighted by atomic mass is 16.3. The van der Waals surface area contributed by atoms with E-state index in [2.05, 4.69) is 153 Å². The van der Waals surface area contributed by atoms with E-state index >= 15 is 0 Å². The summed E-state index contributed by atoms with van der Waals surface area (Å²) in [6.07, 6.45) is 0. The molecular weight excluding hydrogens is 633 g/mol. The lowest BCUT2D eigenvalue weighted by molar-refractivity contribution is 0.660. The van der Waals surface area contributed by atoms with Crippen molar-refractivity contribution in [1.82, 2.24) is 9.97 Å². The number of aromatic nitrogens is 2. The Kier molecular flexibility index (Phi) is 6.84. The van der Waals surface area contributed by atoms with Crippen molar-refractivity contribution in [3.8, 4) is 67.3 Å². The molecule has 0 N–H and O–H groups in total. The molecule has 0 bridgehead atoms. The lowest BCUT2D eigenvalue weighted by atomic mass is 9.82. The summed E-state index contributed by atoms with van der Waals surface area (Å²) >= 11 is 0. The van der Waals surface area contributed by atoms with Crippen LogP contribution in [0.25, 0.3) is 89.2 Å². The lowest BCUT2D eigenvalue weighted by Crippen LogP contribution is -2.14. The van der Waals surface area contributed by atoms with Crippen molar-refractivity contribution in [2.75, 3.05) is 0 Å². The van der Waals surface area contributed by atoms with Crippen LogP contribution < -0.4 is 0 Å². The van der Waals surface area contributed by atoms with Crippen molar-refractivity contribution >= 4 is 21.9 Å². The van der Waals surface area contributed by atoms with Crippen LogP contribution >= 0.6 is 0 Å². The molecule has 0 aliphatic heterocycles. The Labute approximate surface area is 302 Å². The van der Waals surface area contributed by atoms with Crippen LogP contribution in [0, 0.1) is 0 Å². The first-order valence-electron chi connectivity index (χ1n) is 17.8. The summed E-state index contributed by atoms with van der Waals surface area (Å²) < 4.78 is 6.33. The van der Waals surface area contributed by atoms with E-state index < -0.39 is 0 Å². The van der Waals surface area contributed by atoms with Gasteiger partial charge in [0.2, 0.25) is 0 Å². The molecule has 0 saturated heterocycles. The molecule has 0 unspecified atom stereocenters. The second-order valence-corrected chi connectivity index (χ2v) is 14.2. The minimum atomic E-state index is -0.114. The van der Waals surface area contributed by atoms with Crippen molar-refractivity contribution in [2.24, 2.45) is 0 Å². The molecular formula is C49H34N2O. The largest absolute Gasteiger partial charge is 0.456 e. The van der Waals surface area contributed by atoms with Gasteiger partial charge in [-0.05, 0) is 80.9 Å². The number of hydrogen-bond donors (Lipinski definition) is 0. The molecule has 9 aromatic rings. The Morgan fingerprint density at radius 3 is 1.87 bits per heavy atom. The molecule has 52 heavy (non-hydrogen) atoms. The van der Waals surface area contributed by atoms with Gasteiger partial charge in [-0.3, -0.25) is 0 Å². The van der Waals surface area contributed by atoms with E-state index in [0.717, 1.165) is 72.3 Å². The van der Waals surface area contributed by atoms with Gasteiger partial charge >= 0.3 is 0 Å². The molecule has 3 heteroatoms. The number of furan rings is 1. The number of fused-ring (bicyclic) bond motifs is 6. The second-order valence-electron chi connectivity index (χ2n) is 14.2. The molecule has 0 atom stereocenters.